The van der Waals surface area contributed by atoms with Crippen LogP contribution >= 0.6 is 0 Å². The zero-order chi connectivity index (χ0) is 44.2. The second kappa shape index (κ2) is 12.2. The fourth-order valence-corrected chi connectivity index (χ4v) is 3.13. The van der Waals surface area contributed by atoms with E-state index in [1.54, 1.807) is 0 Å². The van der Waals surface area contributed by atoms with E-state index in [-0.39, 0.29) is 0 Å². The predicted octanol–water partition coefficient (Wildman–Crippen LogP) is 10.7. The molecule has 0 atom stereocenters. The van der Waals surface area contributed by atoms with Gasteiger partial charge in [0.15, 0.2) is 5.57 Å². The highest BCUT2D eigenvalue weighted by molar-refractivity contribution is 5.90. The Balaban J connectivity index is 8.18. The van der Waals surface area contributed by atoms with Crippen LogP contribution in [0.4, 0.5) is 145 Å². The maximum atomic E-state index is 14.3. The van der Waals surface area contributed by atoms with E-state index in [4.69, 9.17) is 5.11 Å². The van der Waals surface area contributed by atoms with E-state index in [1.807, 2.05) is 0 Å². The second-order valence-electron chi connectivity index (χ2n) is 9.44. The summed E-state index contributed by atoms with van der Waals surface area (Å²) in [7, 11) is 0. The fraction of sp³-hybridized carbons (Fsp3) is 0.833. The predicted molar refractivity (Wildman–Crippen MR) is 92.2 cm³/mol. The van der Waals surface area contributed by atoms with Gasteiger partial charge >= 0.3 is 95.6 Å². The van der Waals surface area contributed by atoms with Crippen LogP contribution in [0.15, 0.2) is 11.1 Å². The molecule has 0 unspecified atom stereocenters. The molecule has 0 heterocycles. The van der Waals surface area contributed by atoms with E-state index >= 15 is 0 Å². The first-order valence-corrected chi connectivity index (χ1v) is 10.9. The number of carboxylic acid groups (broad SMARTS) is 1. The quantitative estimate of drug-likeness (QED) is 0.148. The van der Waals surface area contributed by atoms with Crippen molar-refractivity contribution in [3.05, 3.63) is 11.1 Å². The summed E-state index contributed by atoms with van der Waals surface area (Å²) in [5.74, 6) is -122. The molecule has 35 heteroatoms. The molecule has 2 nitrogen and oxygen atoms in total. The average Bonchev–Trinajstić information content (AvgIpc) is 2.87. The first-order chi connectivity index (χ1) is 22.2. The molecule has 0 amide bonds. The minimum absolute atomic E-state index is 4.85. The van der Waals surface area contributed by atoms with Crippen molar-refractivity contribution in [2.45, 2.75) is 89.6 Å². The summed E-state index contributed by atoms with van der Waals surface area (Å²) in [6.45, 7) is 0. The van der Waals surface area contributed by atoms with Crippen LogP contribution < -0.4 is 0 Å². The highest BCUT2D eigenvalue weighted by Gasteiger charge is 3.00. The Labute approximate surface area is 263 Å². The van der Waals surface area contributed by atoms with Gasteiger partial charge in [0, 0.05) is 0 Å². The van der Waals surface area contributed by atoms with Gasteiger partial charge in [-0.2, -0.15) is 145 Å². The summed E-state index contributed by atoms with van der Waals surface area (Å²) in [5.41, 5.74) is -12.0. The SMILES string of the molecule is O=C(O)C(=C(C(F)(F)C(F)(F)F)C(F)(F)C(F)(F)C(F)(F)C(F)(F)C(F)(F)C(F)(F)C(F)(F)C(F)(F)C(F)(F)C(F)(F)C(F)(F)C(F)(F)F)C(F)(F)F. The van der Waals surface area contributed by atoms with Gasteiger partial charge < -0.3 is 5.11 Å². The van der Waals surface area contributed by atoms with Crippen molar-refractivity contribution >= 4 is 5.97 Å². The van der Waals surface area contributed by atoms with Crippen LogP contribution in [-0.4, -0.2) is 101 Å². The number of hydrogen-bond donors (Lipinski definition) is 1. The first-order valence-electron chi connectivity index (χ1n) is 10.9. The molecule has 0 aliphatic rings. The zero-order valence-corrected chi connectivity index (χ0v) is 22.3. The van der Waals surface area contributed by atoms with Gasteiger partial charge in [0.05, 0.1) is 0 Å². The number of carboxylic acids is 1. The number of allylic oxidation sites excluding steroid dienone is 1. The summed E-state index contributed by atoms with van der Waals surface area (Å²) in [4.78, 5) is 10.6. The summed E-state index contributed by atoms with van der Waals surface area (Å²) >= 11 is 0. The smallest absolute Gasteiger partial charge is 0.460 e. The molecule has 0 aromatic carbocycles. The Kier molecular flexibility index (Phi) is 11.5. The van der Waals surface area contributed by atoms with Gasteiger partial charge in [0.2, 0.25) is 0 Å². The number of alkyl halides is 33. The molecular formula is C18HF33O2. The lowest BCUT2D eigenvalue weighted by Crippen LogP contribution is -2.78. The molecule has 316 valence electrons. The molecule has 0 bridgehead atoms. The lowest BCUT2D eigenvalue weighted by atomic mass is 9.82. The standard InChI is InChI=1S/C18HF33O2/c19-4(20,2(5(21,22)17(46,47)48)1(3(52)53)6(23,24)25)7(26,27)8(28,29)9(30,31)10(32,33)11(34,35)12(36,37)13(38,39)14(40,41)15(42,43)16(44,45)18(49,50)51/h(H,52,53). The molecule has 0 aromatic rings. The third kappa shape index (κ3) is 6.28. The molecule has 0 aliphatic heterocycles. The van der Waals surface area contributed by atoms with Crippen molar-refractivity contribution in [2.75, 3.05) is 0 Å². The van der Waals surface area contributed by atoms with Crippen LogP contribution in [-0.2, 0) is 4.79 Å². The Bertz CT molecular complexity index is 1410. The normalized spacial score (nSPS) is 17.2. The molecule has 0 fully saturated rings. The lowest BCUT2D eigenvalue weighted by molar-refractivity contribution is -0.481. The fourth-order valence-electron chi connectivity index (χ4n) is 3.13. The van der Waals surface area contributed by atoms with Gasteiger partial charge in [-0.15, -0.1) is 0 Å². The van der Waals surface area contributed by atoms with Crippen LogP contribution in [0.3, 0.4) is 0 Å². The minimum Gasteiger partial charge on any atom is -0.478 e. The third-order valence-corrected chi connectivity index (χ3v) is 6.03. The lowest BCUT2D eigenvalue weighted by Gasteiger charge is -2.46. The van der Waals surface area contributed by atoms with Crippen molar-refractivity contribution in [1.29, 1.82) is 0 Å². The highest BCUT2D eigenvalue weighted by Crippen LogP contribution is 2.69. The van der Waals surface area contributed by atoms with Gasteiger partial charge in [-0.3, -0.25) is 0 Å². The molecule has 0 rings (SSSR count). The van der Waals surface area contributed by atoms with Crippen molar-refractivity contribution < 1.29 is 155 Å². The maximum Gasteiger partial charge on any atom is 0.460 e. The van der Waals surface area contributed by atoms with Crippen molar-refractivity contribution in [2.24, 2.45) is 0 Å². The molecule has 0 spiro atoms. The van der Waals surface area contributed by atoms with E-state index in [0.717, 1.165) is 0 Å². The van der Waals surface area contributed by atoms with Crippen LogP contribution in [0.25, 0.3) is 0 Å². The zero-order valence-electron chi connectivity index (χ0n) is 22.3. The van der Waals surface area contributed by atoms with Gasteiger partial charge in [-0.25, -0.2) is 4.79 Å². The van der Waals surface area contributed by atoms with E-state index in [0.29, 0.717) is 0 Å². The summed E-state index contributed by atoms with van der Waals surface area (Å²) in [6, 6.07) is 0. The summed E-state index contributed by atoms with van der Waals surface area (Å²) in [5, 5.41) is 8.13. The number of hydrogen-bond acceptors (Lipinski definition) is 1. The number of aliphatic carboxylic acids is 1. The van der Waals surface area contributed by atoms with E-state index in [1.165, 1.54) is 0 Å². The molecule has 0 saturated heterocycles. The molecule has 53 heavy (non-hydrogen) atoms. The van der Waals surface area contributed by atoms with Crippen molar-refractivity contribution in [1.82, 2.24) is 0 Å². The largest absolute Gasteiger partial charge is 0.478 e. The molecule has 0 aliphatic carbocycles. The van der Waals surface area contributed by atoms with E-state index < -0.39 is 107 Å². The van der Waals surface area contributed by atoms with Crippen LogP contribution in [0.5, 0.6) is 0 Å². The molecule has 0 aromatic heterocycles. The van der Waals surface area contributed by atoms with Crippen LogP contribution in [0.2, 0.25) is 0 Å². The molecule has 1 N–H and O–H groups in total. The van der Waals surface area contributed by atoms with Crippen LogP contribution in [0.1, 0.15) is 0 Å². The molecule has 0 radical (unpaired) electrons. The monoisotopic (exact) mass is 876 g/mol. The van der Waals surface area contributed by atoms with Crippen LogP contribution in [0, 0.1) is 0 Å². The Morgan fingerprint density at radius 1 is 0.283 bits per heavy atom. The molecular weight excluding hydrogens is 875 g/mol. The Hall–Kier alpha value is -3.10. The Morgan fingerprint density at radius 3 is 0.660 bits per heavy atom. The van der Waals surface area contributed by atoms with Crippen molar-refractivity contribution in [3.8, 4) is 0 Å². The van der Waals surface area contributed by atoms with Gasteiger partial charge in [-0.05, 0) is 0 Å². The van der Waals surface area contributed by atoms with Gasteiger partial charge in [0.25, 0.3) is 0 Å². The van der Waals surface area contributed by atoms with Gasteiger partial charge in [-0.1, -0.05) is 0 Å². The van der Waals surface area contributed by atoms with E-state index in [9.17, 15) is 150 Å². The second-order valence-corrected chi connectivity index (χ2v) is 9.44. The summed E-state index contributed by atoms with van der Waals surface area (Å²) < 4.78 is 441. The van der Waals surface area contributed by atoms with Gasteiger partial charge in [0.1, 0.15) is 5.57 Å². The minimum atomic E-state index is -10.2. The number of rotatable bonds is 13. The van der Waals surface area contributed by atoms with E-state index in [2.05, 4.69) is 0 Å². The highest BCUT2D eigenvalue weighted by atomic mass is 19.4. The third-order valence-electron chi connectivity index (χ3n) is 6.03. The topological polar surface area (TPSA) is 37.3 Å². The molecule has 0 saturated carbocycles. The maximum absolute atomic E-state index is 14.3. The first kappa shape index (κ1) is 49.9. The Morgan fingerprint density at radius 2 is 0.491 bits per heavy atom. The number of carbonyl (C=O) groups is 1. The number of halogens is 33. The summed E-state index contributed by atoms with van der Waals surface area (Å²) in [6.07, 6.45) is -24.8. The average molecular weight is 876 g/mol. The van der Waals surface area contributed by atoms with Crippen molar-refractivity contribution in [3.63, 3.8) is 0 Å².